The second-order valence-corrected chi connectivity index (χ2v) is 6.75. The molecule has 0 atom stereocenters. The third-order valence-electron chi connectivity index (χ3n) is 2.10. The summed E-state index contributed by atoms with van der Waals surface area (Å²) in [5.74, 6) is 1.52. The Labute approximate surface area is 128 Å². The Hall–Kier alpha value is -0.0500. The van der Waals surface area contributed by atoms with E-state index in [9.17, 15) is 8.42 Å². The molecule has 0 saturated heterocycles. The summed E-state index contributed by atoms with van der Waals surface area (Å²) >= 11 is 0. The van der Waals surface area contributed by atoms with Crippen LogP contribution in [0.4, 0.5) is 0 Å². The fourth-order valence-corrected chi connectivity index (χ4v) is 1.79. The van der Waals surface area contributed by atoms with Crippen LogP contribution in [0.1, 0.15) is 27.7 Å². The number of hydrogen-bond donors (Lipinski definition) is 2. The SMILES string of the molecule is CCNC(=NCC(C)C)NCCS(=O)(=O)CC.I. The van der Waals surface area contributed by atoms with Crippen LogP contribution in [0.3, 0.4) is 0 Å². The molecular formula is C11H26IN3O2S. The van der Waals surface area contributed by atoms with Crippen LogP contribution in [0, 0.1) is 5.92 Å². The molecule has 0 aromatic heterocycles. The number of sulfone groups is 1. The maximum Gasteiger partial charge on any atom is 0.191 e. The van der Waals surface area contributed by atoms with Crippen molar-refractivity contribution in [2.24, 2.45) is 10.9 Å². The molecule has 0 unspecified atom stereocenters. The molecule has 110 valence electrons. The van der Waals surface area contributed by atoms with Gasteiger partial charge in [0.2, 0.25) is 0 Å². The second kappa shape index (κ2) is 10.8. The maximum atomic E-state index is 11.3. The minimum atomic E-state index is -2.91. The third-order valence-corrected chi connectivity index (χ3v) is 3.81. The number of nitrogens with zero attached hydrogens (tertiary/aromatic N) is 1. The van der Waals surface area contributed by atoms with Gasteiger partial charge in [0.1, 0.15) is 0 Å². The number of guanidine groups is 1. The van der Waals surface area contributed by atoms with Gasteiger partial charge < -0.3 is 10.6 Å². The van der Waals surface area contributed by atoms with Crippen molar-refractivity contribution >= 4 is 39.8 Å². The zero-order chi connectivity index (χ0) is 13.3. The first kappa shape index (κ1) is 20.3. The average molecular weight is 391 g/mol. The van der Waals surface area contributed by atoms with Gasteiger partial charge in [0.15, 0.2) is 15.8 Å². The summed E-state index contributed by atoms with van der Waals surface area (Å²) in [6.45, 7) is 9.73. The van der Waals surface area contributed by atoms with Crippen LogP contribution in [0.5, 0.6) is 0 Å². The van der Waals surface area contributed by atoms with Crippen molar-refractivity contribution in [3.05, 3.63) is 0 Å². The predicted molar refractivity (Wildman–Crippen MR) is 88.6 cm³/mol. The summed E-state index contributed by atoms with van der Waals surface area (Å²) in [5.41, 5.74) is 0. The maximum absolute atomic E-state index is 11.3. The lowest BCUT2D eigenvalue weighted by Crippen LogP contribution is -2.40. The van der Waals surface area contributed by atoms with E-state index in [4.69, 9.17) is 0 Å². The van der Waals surface area contributed by atoms with Gasteiger partial charge in [-0.2, -0.15) is 0 Å². The quantitative estimate of drug-likeness (QED) is 0.389. The van der Waals surface area contributed by atoms with E-state index in [2.05, 4.69) is 29.5 Å². The molecule has 0 fully saturated rings. The lowest BCUT2D eigenvalue weighted by molar-refractivity contribution is 0.595. The molecule has 0 radical (unpaired) electrons. The molecule has 0 aliphatic carbocycles. The van der Waals surface area contributed by atoms with Crippen molar-refractivity contribution in [3.8, 4) is 0 Å². The lowest BCUT2D eigenvalue weighted by atomic mass is 10.2. The smallest absolute Gasteiger partial charge is 0.191 e. The minimum absolute atomic E-state index is 0. The molecule has 0 aliphatic heterocycles. The summed E-state index contributed by atoms with van der Waals surface area (Å²) in [4.78, 5) is 4.36. The highest BCUT2D eigenvalue weighted by molar-refractivity contribution is 14.0. The zero-order valence-electron chi connectivity index (χ0n) is 11.7. The van der Waals surface area contributed by atoms with Crippen LogP contribution in [0.2, 0.25) is 0 Å². The highest BCUT2D eigenvalue weighted by Crippen LogP contribution is 1.91. The Morgan fingerprint density at radius 3 is 2.28 bits per heavy atom. The third kappa shape index (κ3) is 11.1. The Morgan fingerprint density at radius 2 is 1.83 bits per heavy atom. The van der Waals surface area contributed by atoms with Crippen molar-refractivity contribution in [2.75, 3.05) is 31.1 Å². The molecule has 0 aromatic carbocycles. The Morgan fingerprint density at radius 1 is 1.22 bits per heavy atom. The molecule has 0 amide bonds. The van der Waals surface area contributed by atoms with E-state index in [1.807, 2.05) is 6.92 Å². The molecule has 0 bridgehead atoms. The average Bonchev–Trinajstić information content (AvgIpc) is 2.25. The molecule has 2 N–H and O–H groups in total. The molecule has 0 saturated carbocycles. The van der Waals surface area contributed by atoms with E-state index in [0.29, 0.717) is 18.4 Å². The second-order valence-electron chi connectivity index (χ2n) is 4.28. The first-order chi connectivity index (χ1) is 7.91. The summed E-state index contributed by atoms with van der Waals surface area (Å²) in [6, 6.07) is 0. The van der Waals surface area contributed by atoms with E-state index in [1.165, 1.54) is 0 Å². The van der Waals surface area contributed by atoms with Gasteiger partial charge in [-0.1, -0.05) is 20.8 Å². The molecule has 0 aliphatic rings. The van der Waals surface area contributed by atoms with Gasteiger partial charge in [-0.15, -0.1) is 24.0 Å². The van der Waals surface area contributed by atoms with Crippen LogP contribution in [0.25, 0.3) is 0 Å². The zero-order valence-corrected chi connectivity index (χ0v) is 14.8. The Bertz CT molecular complexity index is 329. The number of halogens is 1. The Balaban J connectivity index is 0. The highest BCUT2D eigenvalue weighted by atomic mass is 127. The number of hydrogen-bond acceptors (Lipinski definition) is 3. The van der Waals surface area contributed by atoms with Crippen molar-refractivity contribution < 1.29 is 8.42 Å². The van der Waals surface area contributed by atoms with Gasteiger partial charge in [0, 0.05) is 25.4 Å². The van der Waals surface area contributed by atoms with Crippen molar-refractivity contribution in [1.29, 1.82) is 0 Å². The minimum Gasteiger partial charge on any atom is -0.357 e. The summed E-state index contributed by atoms with van der Waals surface area (Å²) in [5, 5.41) is 6.11. The van der Waals surface area contributed by atoms with E-state index < -0.39 is 9.84 Å². The lowest BCUT2D eigenvalue weighted by Gasteiger charge is -2.11. The van der Waals surface area contributed by atoms with Crippen molar-refractivity contribution in [2.45, 2.75) is 27.7 Å². The standard InChI is InChI=1S/C11H25N3O2S.HI/c1-5-12-11(14-9-10(3)4)13-7-8-17(15,16)6-2;/h10H,5-9H2,1-4H3,(H2,12,13,14);1H. The molecule has 18 heavy (non-hydrogen) atoms. The molecule has 0 spiro atoms. The van der Waals surface area contributed by atoms with Gasteiger partial charge >= 0.3 is 0 Å². The summed E-state index contributed by atoms with van der Waals surface area (Å²) in [6.07, 6.45) is 0. The van der Waals surface area contributed by atoms with E-state index >= 15 is 0 Å². The first-order valence-corrected chi connectivity index (χ1v) is 7.96. The molecular weight excluding hydrogens is 365 g/mol. The van der Waals surface area contributed by atoms with Gasteiger partial charge in [0.25, 0.3) is 0 Å². The number of nitrogens with one attached hydrogen (secondary N) is 2. The number of rotatable bonds is 7. The van der Waals surface area contributed by atoms with Crippen molar-refractivity contribution in [1.82, 2.24) is 10.6 Å². The van der Waals surface area contributed by atoms with Crippen LogP contribution < -0.4 is 10.6 Å². The van der Waals surface area contributed by atoms with Gasteiger partial charge in [-0.3, -0.25) is 4.99 Å². The van der Waals surface area contributed by atoms with Gasteiger partial charge in [-0.05, 0) is 12.8 Å². The van der Waals surface area contributed by atoms with Crippen LogP contribution in [-0.2, 0) is 9.84 Å². The van der Waals surface area contributed by atoms with Crippen LogP contribution >= 0.6 is 24.0 Å². The molecule has 0 rings (SSSR count). The summed E-state index contributed by atoms with van der Waals surface area (Å²) < 4.78 is 22.6. The van der Waals surface area contributed by atoms with Gasteiger partial charge in [0.05, 0.1) is 5.75 Å². The van der Waals surface area contributed by atoms with E-state index in [1.54, 1.807) is 6.92 Å². The molecule has 0 heterocycles. The molecule has 7 heteroatoms. The topological polar surface area (TPSA) is 70.6 Å². The number of aliphatic imine (C=N–C) groups is 1. The van der Waals surface area contributed by atoms with Crippen LogP contribution in [0.15, 0.2) is 4.99 Å². The first-order valence-electron chi connectivity index (χ1n) is 6.13. The molecule has 5 nitrogen and oxygen atoms in total. The predicted octanol–water partition coefficient (Wildman–Crippen LogP) is 1.25. The fraction of sp³-hybridized carbons (Fsp3) is 0.909. The largest absolute Gasteiger partial charge is 0.357 e. The van der Waals surface area contributed by atoms with Crippen molar-refractivity contribution in [3.63, 3.8) is 0 Å². The molecule has 0 aromatic rings. The Kier molecular flexibility index (Phi) is 12.2. The van der Waals surface area contributed by atoms with E-state index in [-0.39, 0.29) is 35.5 Å². The van der Waals surface area contributed by atoms with Gasteiger partial charge in [-0.25, -0.2) is 8.42 Å². The fourth-order valence-electron chi connectivity index (χ4n) is 1.08. The normalized spacial score (nSPS) is 12.2. The highest BCUT2D eigenvalue weighted by Gasteiger charge is 2.07. The summed E-state index contributed by atoms with van der Waals surface area (Å²) in [7, 11) is -2.91. The van der Waals surface area contributed by atoms with Crippen LogP contribution in [-0.4, -0.2) is 45.5 Å². The van der Waals surface area contributed by atoms with E-state index in [0.717, 1.165) is 13.1 Å². The monoisotopic (exact) mass is 391 g/mol.